The van der Waals surface area contributed by atoms with Gasteiger partial charge in [0.05, 0.1) is 6.33 Å². The predicted molar refractivity (Wildman–Crippen MR) is 69.9 cm³/mol. The predicted octanol–water partition coefficient (Wildman–Crippen LogP) is 1.62. The summed E-state index contributed by atoms with van der Waals surface area (Å²) < 4.78 is 0. The summed E-state index contributed by atoms with van der Waals surface area (Å²) in [5, 5.41) is 0.862. The number of nitrogen functional groups attached to an aromatic ring is 1. The molecule has 0 saturated carbocycles. The molecule has 0 fully saturated rings. The van der Waals surface area contributed by atoms with Crippen LogP contribution in [0.4, 0.5) is 5.82 Å². The number of hydrogen-bond acceptors (Lipinski definition) is 6. The molecule has 3 aromatic heterocycles. The normalized spacial score (nSPS) is 10.9. The van der Waals surface area contributed by atoms with Gasteiger partial charge in [-0.1, -0.05) is 17.8 Å². The van der Waals surface area contributed by atoms with Crippen LogP contribution in [-0.2, 0) is 5.75 Å². The van der Waals surface area contributed by atoms with Crippen LogP contribution in [-0.4, -0.2) is 24.9 Å². The lowest BCUT2D eigenvalue weighted by Gasteiger charge is -2.03. The van der Waals surface area contributed by atoms with Gasteiger partial charge >= 0.3 is 0 Å². The number of anilines is 1. The SMILES string of the molecule is Nc1ncccc1CSc1ncnc2nc[nH]c12. The molecule has 0 bridgehead atoms. The average molecular weight is 258 g/mol. The molecule has 3 rings (SSSR count). The highest BCUT2D eigenvalue weighted by molar-refractivity contribution is 7.98. The monoisotopic (exact) mass is 258 g/mol. The van der Waals surface area contributed by atoms with Crippen LogP contribution in [0.3, 0.4) is 0 Å². The Hall–Kier alpha value is -2.15. The van der Waals surface area contributed by atoms with E-state index < -0.39 is 0 Å². The number of imidazole rings is 1. The number of fused-ring (bicyclic) bond motifs is 1. The van der Waals surface area contributed by atoms with Gasteiger partial charge in [0.2, 0.25) is 0 Å². The summed E-state index contributed by atoms with van der Waals surface area (Å²) in [5.74, 6) is 1.27. The lowest BCUT2D eigenvalue weighted by atomic mass is 10.3. The number of pyridine rings is 1. The lowest BCUT2D eigenvalue weighted by molar-refractivity contribution is 1.08. The van der Waals surface area contributed by atoms with E-state index in [4.69, 9.17) is 5.73 Å². The molecule has 0 spiro atoms. The van der Waals surface area contributed by atoms with Gasteiger partial charge in [-0.2, -0.15) is 0 Å². The van der Waals surface area contributed by atoms with Crippen molar-refractivity contribution in [3.63, 3.8) is 0 Å². The molecular formula is C11H10N6S. The highest BCUT2D eigenvalue weighted by atomic mass is 32.2. The van der Waals surface area contributed by atoms with Gasteiger partial charge in [0.1, 0.15) is 22.7 Å². The Morgan fingerprint density at radius 3 is 3.06 bits per heavy atom. The summed E-state index contributed by atoms with van der Waals surface area (Å²) in [7, 11) is 0. The van der Waals surface area contributed by atoms with Crippen molar-refractivity contribution in [3.8, 4) is 0 Å². The average Bonchev–Trinajstić information content (AvgIpc) is 2.86. The van der Waals surface area contributed by atoms with Crippen LogP contribution in [0, 0.1) is 0 Å². The summed E-state index contributed by atoms with van der Waals surface area (Å²) in [6, 6.07) is 3.83. The second-order valence-corrected chi connectivity index (χ2v) is 4.58. The first-order valence-corrected chi connectivity index (χ1v) is 6.29. The molecule has 0 aromatic carbocycles. The van der Waals surface area contributed by atoms with E-state index in [1.54, 1.807) is 24.3 Å². The first kappa shape index (κ1) is 11.0. The first-order valence-electron chi connectivity index (χ1n) is 5.31. The number of hydrogen-bond donors (Lipinski definition) is 2. The van der Waals surface area contributed by atoms with Crippen LogP contribution >= 0.6 is 11.8 Å². The molecule has 18 heavy (non-hydrogen) atoms. The quantitative estimate of drug-likeness (QED) is 0.547. The van der Waals surface area contributed by atoms with E-state index in [2.05, 4.69) is 24.9 Å². The number of nitrogens with one attached hydrogen (secondary N) is 1. The third-order valence-corrected chi connectivity index (χ3v) is 3.52. The Labute approximate surface area is 107 Å². The Morgan fingerprint density at radius 2 is 2.17 bits per heavy atom. The van der Waals surface area contributed by atoms with Crippen molar-refractivity contribution in [2.24, 2.45) is 0 Å². The maximum Gasteiger partial charge on any atom is 0.181 e. The Bertz CT molecular complexity index is 680. The molecule has 0 aliphatic carbocycles. The fourth-order valence-electron chi connectivity index (χ4n) is 1.57. The zero-order valence-corrected chi connectivity index (χ0v) is 10.2. The molecule has 90 valence electrons. The number of nitrogens with two attached hydrogens (primary N) is 1. The third kappa shape index (κ3) is 2.00. The van der Waals surface area contributed by atoms with E-state index in [0.29, 0.717) is 17.2 Å². The molecule has 0 saturated heterocycles. The number of H-pyrrole nitrogens is 1. The summed E-state index contributed by atoms with van der Waals surface area (Å²) in [6.07, 6.45) is 4.81. The fourth-order valence-corrected chi connectivity index (χ4v) is 2.52. The van der Waals surface area contributed by atoms with Crippen molar-refractivity contribution in [3.05, 3.63) is 36.5 Å². The fraction of sp³-hybridized carbons (Fsp3) is 0.0909. The van der Waals surface area contributed by atoms with Crippen molar-refractivity contribution in [1.29, 1.82) is 0 Å². The topological polar surface area (TPSA) is 93.4 Å². The van der Waals surface area contributed by atoms with Crippen LogP contribution in [0.2, 0.25) is 0 Å². The van der Waals surface area contributed by atoms with Gasteiger partial charge in [-0.05, 0) is 6.07 Å². The molecule has 3 aromatic rings. The van der Waals surface area contributed by atoms with Gasteiger partial charge in [-0.15, -0.1) is 0 Å². The number of thioether (sulfide) groups is 1. The van der Waals surface area contributed by atoms with E-state index in [0.717, 1.165) is 16.1 Å². The minimum Gasteiger partial charge on any atom is -0.383 e. The molecule has 3 N–H and O–H groups in total. The second kappa shape index (κ2) is 4.61. The number of rotatable bonds is 3. The molecular weight excluding hydrogens is 248 g/mol. The minimum atomic E-state index is 0.555. The first-order chi connectivity index (χ1) is 8.84. The van der Waals surface area contributed by atoms with Crippen LogP contribution in [0.5, 0.6) is 0 Å². The van der Waals surface area contributed by atoms with Crippen LogP contribution in [0.25, 0.3) is 11.2 Å². The number of nitrogens with zero attached hydrogens (tertiary/aromatic N) is 4. The van der Waals surface area contributed by atoms with Gasteiger partial charge in [-0.25, -0.2) is 19.9 Å². The van der Waals surface area contributed by atoms with E-state index in [1.807, 2.05) is 12.1 Å². The highest BCUT2D eigenvalue weighted by Gasteiger charge is 2.07. The van der Waals surface area contributed by atoms with Crippen molar-refractivity contribution in [2.75, 3.05) is 5.73 Å². The standard InChI is InChI=1S/C11H10N6S/c12-9-7(2-1-3-13-9)4-18-11-8-10(15-5-14-8)16-6-17-11/h1-3,5-6H,4H2,(H2,12,13)(H,14,15,16,17). The summed E-state index contributed by atoms with van der Waals surface area (Å²) in [6.45, 7) is 0. The van der Waals surface area contributed by atoms with Crippen LogP contribution < -0.4 is 5.73 Å². The van der Waals surface area contributed by atoms with Crippen molar-refractivity contribution < 1.29 is 0 Å². The molecule has 0 aliphatic rings. The van der Waals surface area contributed by atoms with E-state index in [9.17, 15) is 0 Å². The summed E-state index contributed by atoms with van der Waals surface area (Å²) >= 11 is 1.58. The maximum atomic E-state index is 5.80. The van der Waals surface area contributed by atoms with Crippen LogP contribution in [0.1, 0.15) is 5.56 Å². The van der Waals surface area contributed by atoms with E-state index in [-0.39, 0.29) is 0 Å². The molecule has 0 aliphatic heterocycles. The Balaban J connectivity index is 1.85. The maximum absolute atomic E-state index is 5.80. The van der Waals surface area contributed by atoms with E-state index >= 15 is 0 Å². The Kier molecular flexibility index (Phi) is 2.81. The van der Waals surface area contributed by atoms with Gasteiger partial charge in [-0.3, -0.25) is 0 Å². The van der Waals surface area contributed by atoms with Gasteiger partial charge in [0, 0.05) is 17.5 Å². The highest BCUT2D eigenvalue weighted by Crippen LogP contribution is 2.26. The molecule has 0 amide bonds. The molecule has 0 unspecified atom stereocenters. The van der Waals surface area contributed by atoms with E-state index in [1.165, 1.54) is 6.33 Å². The summed E-state index contributed by atoms with van der Waals surface area (Å²) in [4.78, 5) is 19.5. The van der Waals surface area contributed by atoms with Gasteiger partial charge in [0.15, 0.2) is 5.65 Å². The minimum absolute atomic E-state index is 0.555. The number of aromatic nitrogens is 5. The van der Waals surface area contributed by atoms with Crippen molar-refractivity contribution >= 4 is 28.7 Å². The van der Waals surface area contributed by atoms with Crippen LogP contribution in [0.15, 0.2) is 36.0 Å². The molecule has 6 nitrogen and oxygen atoms in total. The zero-order chi connectivity index (χ0) is 12.4. The summed E-state index contributed by atoms with van der Waals surface area (Å²) in [5.41, 5.74) is 8.32. The number of aromatic amines is 1. The molecule has 0 atom stereocenters. The molecule has 3 heterocycles. The third-order valence-electron chi connectivity index (χ3n) is 2.48. The molecule has 0 radical (unpaired) electrons. The lowest BCUT2D eigenvalue weighted by Crippen LogP contribution is -1.95. The Morgan fingerprint density at radius 1 is 1.22 bits per heavy atom. The van der Waals surface area contributed by atoms with Gasteiger partial charge < -0.3 is 10.7 Å². The van der Waals surface area contributed by atoms with Gasteiger partial charge in [0.25, 0.3) is 0 Å². The van der Waals surface area contributed by atoms with Crippen molar-refractivity contribution in [1.82, 2.24) is 24.9 Å². The second-order valence-electron chi connectivity index (χ2n) is 3.62. The largest absolute Gasteiger partial charge is 0.383 e. The smallest absolute Gasteiger partial charge is 0.181 e. The van der Waals surface area contributed by atoms with Crippen molar-refractivity contribution in [2.45, 2.75) is 10.8 Å². The molecule has 7 heteroatoms. The zero-order valence-electron chi connectivity index (χ0n) is 9.37.